The lowest BCUT2D eigenvalue weighted by molar-refractivity contribution is -0.125. The zero-order valence-electron chi connectivity index (χ0n) is 13.4. The quantitative estimate of drug-likeness (QED) is 0.773. The fraction of sp³-hybridized carbons (Fsp3) is 0.200. The number of hydrogen-bond donors (Lipinski definition) is 0. The van der Waals surface area contributed by atoms with Gasteiger partial charge in [-0.05, 0) is 41.7 Å². The Bertz CT molecular complexity index is 948. The van der Waals surface area contributed by atoms with E-state index in [2.05, 4.69) is 18.2 Å². The van der Waals surface area contributed by atoms with Gasteiger partial charge < -0.3 is 0 Å². The standard InChI is InChI=1S/C20H15FN2OS/c21-14-8-5-13(6-9-14)19-16-10-7-12-3-1-2-4-15(12)18(16)22-20-23(19)17(24)11-25-20/h1-6,8-9,19H,7,10-11H2/t19-/m0/s1. The van der Waals surface area contributed by atoms with Gasteiger partial charge in [-0.1, -0.05) is 48.2 Å². The predicted molar refractivity (Wildman–Crippen MR) is 97.6 cm³/mol. The van der Waals surface area contributed by atoms with Crippen LogP contribution in [0.25, 0.3) is 5.70 Å². The van der Waals surface area contributed by atoms with Crippen LogP contribution in [0.5, 0.6) is 0 Å². The van der Waals surface area contributed by atoms with Crippen LogP contribution in [-0.2, 0) is 11.2 Å². The molecule has 25 heavy (non-hydrogen) atoms. The number of aliphatic imine (C=N–C) groups is 1. The van der Waals surface area contributed by atoms with Crippen molar-refractivity contribution in [2.45, 2.75) is 18.9 Å². The molecule has 0 saturated carbocycles. The second kappa shape index (κ2) is 5.56. The summed E-state index contributed by atoms with van der Waals surface area (Å²) < 4.78 is 13.4. The summed E-state index contributed by atoms with van der Waals surface area (Å²) in [7, 11) is 0. The van der Waals surface area contributed by atoms with E-state index in [0.717, 1.165) is 40.4 Å². The summed E-state index contributed by atoms with van der Waals surface area (Å²) >= 11 is 1.48. The van der Waals surface area contributed by atoms with Crippen molar-refractivity contribution in [2.75, 3.05) is 5.75 Å². The van der Waals surface area contributed by atoms with Crippen LogP contribution in [0.1, 0.15) is 29.2 Å². The molecule has 0 spiro atoms. The number of benzene rings is 2. The largest absolute Gasteiger partial charge is 0.279 e. The molecule has 1 aliphatic carbocycles. The highest BCUT2D eigenvalue weighted by atomic mass is 32.2. The van der Waals surface area contributed by atoms with Crippen LogP contribution >= 0.6 is 11.8 Å². The van der Waals surface area contributed by atoms with E-state index in [-0.39, 0.29) is 17.8 Å². The van der Waals surface area contributed by atoms with E-state index in [4.69, 9.17) is 4.99 Å². The Morgan fingerprint density at radius 3 is 2.72 bits per heavy atom. The maximum absolute atomic E-state index is 13.4. The zero-order chi connectivity index (χ0) is 17.0. The maximum Gasteiger partial charge on any atom is 0.239 e. The molecular formula is C20H15FN2OS. The number of carbonyl (C=O) groups excluding carboxylic acids is 1. The predicted octanol–water partition coefficient (Wildman–Crippen LogP) is 4.17. The Kier molecular flexibility index (Phi) is 3.31. The van der Waals surface area contributed by atoms with Crippen LogP contribution in [0, 0.1) is 5.82 Å². The molecule has 3 nitrogen and oxygen atoms in total. The fourth-order valence-corrected chi connectivity index (χ4v) is 4.78. The summed E-state index contributed by atoms with van der Waals surface area (Å²) in [4.78, 5) is 19.1. The van der Waals surface area contributed by atoms with Gasteiger partial charge in [0.15, 0.2) is 5.17 Å². The van der Waals surface area contributed by atoms with E-state index >= 15 is 0 Å². The molecule has 1 amide bonds. The highest BCUT2D eigenvalue weighted by molar-refractivity contribution is 8.15. The summed E-state index contributed by atoms with van der Waals surface area (Å²) in [5.41, 5.74) is 5.54. The molecule has 2 heterocycles. The Balaban J connectivity index is 1.73. The second-order valence-corrected chi connectivity index (χ2v) is 7.37. The lowest BCUT2D eigenvalue weighted by Crippen LogP contribution is -2.38. The topological polar surface area (TPSA) is 32.7 Å². The molecule has 0 unspecified atom stereocenters. The third kappa shape index (κ3) is 2.26. The minimum Gasteiger partial charge on any atom is -0.279 e. The molecule has 3 aliphatic rings. The number of hydrogen-bond acceptors (Lipinski definition) is 3. The third-order valence-electron chi connectivity index (χ3n) is 5.02. The number of amides is 1. The average Bonchev–Trinajstić information content (AvgIpc) is 3.01. The van der Waals surface area contributed by atoms with Crippen molar-refractivity contribution < 1.29 is 9.18 Å². The Hall–Kier alpha value is -2.40. The highest BCUT2D eigenvalue weighted by Crippen LogP contribution is 2.47. The first kappa shape index (κ1) is 14.9. The lowest BCUT2D eigenvalue weighted by atomic mass is 9.82. The van der Waals surface area contributed by atoms with E-state index in [9.17, 15) is 9.18 Å². The van der Waals surface area contributed by atoms with Gasteiger partial charge in [0.05, 0.1) is 17.5 Å². The zero-order valence-corrected chi connectivity index (χ0v) is 14.2. The minimum absolute atomic E-state index is 0.0727. The van der Waals surface area contributed by atoms with Gasteiger partial charge in [-0.25, -0.2) is 9.38 Å². The molecule has 5 rings (SSSR count). The molecule has 2 aromatic carbocycles. The van der Waals surface area contributed by atoms with Crippen LogP contribution in [0.4, 0.5) is 4.39 Å². The lowest BCUT2D eigenvalue weighted by Gasteiger charge is -2.37. The summed E-state index contributed by atoms with van der Waals surface area (Å²) in [6, 6.07) is 14.6. The molecule has 0 bridgehead atoms. The normalized spacial score (nSPS) is 21.6. The summed E-state index contributed by atoms with van der Waals surface area (Å²) in [6.45, 7) is 0. The van der Waals surface area contributed by atoms with Gasteiger partial charge in [-0.3, -0.25) is 9.69 Å². The number of halogens is 1. The maximum atomic E-state index is 13.4. The molecule has 2 aromatic rings. The van der Waals surface area contributed by atoms with Crippen molar-refractivity contribution in [3.05, 3.63) is 76.6 Å². The highest BCUT2D eigenvalue weighted by Gasteiger charge is 2.42. The molecule has 124 valence electrons. The van der Waals surface area contributed by atoms with Crippen LogP contribution in [0.3, 0.4) is 0 Å². The first-order valence-corrected chi connectivity index (χ1v) is 9.31. The van der Waals surface area contributed by atoms with Crippen LogP contribution in [0.2, 0.25) is 0 Å². The first-order chi connectivity index (χ1) is 12.2. The number of fused-ring (bicyclic) bond motifs is 3. The fourth-order valence-electron chi connectivity index (χ4n) is 3.89. The van der Waals surface area contributed by atoms with Crippen LogP contribution in [-0.4, -0.2) is 21.7 Å². The van der Waals surface area contributed by atoms with E-state index in [1.165, 1.54) is 29.5 Å². The smallest absolute Gasteiger partial charge is 0.239 e. The second-order valence-electron chi connectivity index (χ2n) is 6.43. The molecule has 0 aromatic heterocycles. The molecule has 1 atom stereocenters. The van der Waals surface area contributed by atoms with Crippen molar-refractivity contribution in [1.82, 2.24) is 4.90 Å². The molecule has 2 aliphatic heterocycles. The third-order valence-corrected chi connectivity index (χ3v) is 5.96. The van der Waals surface area contributed by atoms with Crippen LogP contribution in [0.15, 0.2) is 59.1 Å². The summed E-state index contributed by atoms with van der Waals surface area (Å²) in [5, 5.41) is 0.759. The van der Waals surface area contributed by atoms with Crippen molar-refractivity contribution in [3.8, 4) is 0 Å². The van der Waals surface area contributed by atoms with Crippen molar-refractivity contribution in [3.63, 3.8) is 0 Å². The average molecular weight is 350 g/mol. The number of amidine groups is 1. The number of rotatable bonds is 1. The minimum atomic E-state index is -0.265. The Morgan fingerprint density at radius 2 is 1.88 bits per heavy atom. The number of carbonyl (C=O) groups is 1. The molecule has 1 fully saturated rings. The summed E-state index contributed by atoms with van der Waals surface area (Å²) in [5.74, 6) is 0.223. The number of nitrogens with zero attached hydrogens (tertiary/aromatic N) is 2. The van der Waals surface area contributed by atoms with Gasteiger partial charge in [0.2, 0.25) is 5.91 Å². The molecular weight excluding hydrogens is 335 g/mol. The van der Waals surface area contributed by atoms with E-state index in [1.54, 1.807) is 17.0 Å². The van der Waals surface area contributed by atoms with Gasteiger partial charge in [-0.2, -0.15) is 0 Å². The van der Waals surface area contributed by atoms with E-state index in [1.807, 2.05) is 6.07 Å². The van der Waals surface area contributed by atoms with Crippen LogP contribution < -0.4 is 0 Å². The van der Waals surface area contributed by atoms with Crippen molar-refractivity contribution in [1.29, 1.82) is 0 Å². The molecule has 0 N–H and O–H groups in total. The van der Waals surface area contributed by atoms with Crippen molar-refractivity contribution in [2.24, 2.45) is 4.99 Å². The first-order valence-electron chi connectivity index (χ1n) is 8.33. The Morgan fingerprint density at radius 1 is 1.08 bits per heavy atom. The van der Waals surface area contributed by atoms with Gasteiger partial charge in [0.25, 0.3) is 0 Å². The van der Waals surface area contributed by atoms with Gasteiger partial charge in [0.1, 0.15) is 5.82 Å². The molecule has 0 radical (unpaired) electrons. The van der Waals surface area contributed by atoms with Crippen molar-refractivity contribution >= 4 is 28.5 Å². The van der Waals surface area contributed by atoms with E-state index < -0.39 is 0 Å². The van der Waals surface area contributed by atoms with Gasteiger partial charge in [0, 0.05) is 5.56 Å². The SMILES string of the molecule is O=C1CSC2=NC3=C(CCc4ccccc43)[C@H](c3ccc(F)cc3)N12. The number of aryl methyl sites for hydroxylation is 1. The monoisotopic (exact) mass is 350 g/mol. The summed E-state index contributed by atoms with van der Waals surface area (Å²) in [6.07, 6.45) is 1.80. The molecule has 1 saturated heterocycles. The van der Waals surface area contributed by atoms with Gasteiger partial charge in [-0.15, -0.1) is 0 Å². The number of thioether (sulfide) groups is 1. The molecule has 5 heteroatoms. The van der Waals surface area contributed by atoms with E-state index in [0.29, 0.717) is 5.75 Å². The van der Waals surface area contributed by atoms with Gasteiger partial charge >= 0.3 is 0 Å². The Labute approximate surface area is 149 Å².